The number of pyridine rings is 1. The van der Waals surface area contributed by atoms with Gasteiger partial charge in [0.05, 0.1) is 22.8 Å². The van der Waals surface area contributed by atoms with E-state index in [0.717, 1.165) is 46.1 Å². The molecule has 1 aromatic carbocycles. The van der Waals surface area contributed by atoms with Crippen LogP contribution in [0.25, 0.3) is 28.3 Å². The number of aromatic nitrogens is 3. The summed E-state index contributed by atoms with van der Waals surface area (Å²) in [6, 6.07) is 12.8. The highest BCUT2D eigenvalue weighted by Gasteiger charge is 2.20. The van der Waals surface area contributed by atoms with Crippen molar-refractivity contribution >= 4 is 11.5 Å². The second-order valence-electron chi connectivity index (χ2n) is 6.97. The van der Waals surface area contributed by atoms with Gasteiger partial charge in [-0.15, -0.1) is 0 Å². The summed E-state index contributed by atoms with van der Waals surface area (Å²) in [7, 11) is 0. The van der Waals surface area contributed by atoms with Crippen molar-refractivity contribution in [3.63, 3.8) is 0 Å². The van der Waals surface area contributed by atoms with Crippen LogP contribution < -0.4 is 11.1 Å². The largest absolute Gasteiger partial charge is 0.472 e. The number of hydrogen-bond donors (Lipinski definition) is 3. The van der Waals surface area contributed by atoms with E-state index in [1.165, 1.54) is 0 Å². The molecule has 0 fully saturated rings. The number of amides is 1. The molecule has 1 aliphatic carbocycles. The Labute approximate surface area is 173 Å². The van der Waals surface area contributed by atoms with Crippen LogP contribution in [0.5, 0.6) is 0 Å². The van der Waals surface area contributed by atoms with Gasteiger partial charge in [-0.25, -0.2) is 4.98 Å². The topological polar surface area (TPSA) is 106 Å². The van der Waals surface area contributed by atoms with Crippen LogP contribution in [-0.2, 0) is 4.74 Å². The molecule has 1 aliphatic heterocycles. The van der Waals surface area contributed by atoms with Gasteiger partial charge in [0.2, 0.25) is 5.91 Å². The molecular weight excluding hydrogens is 378 g/mol. The number of aromatic amines is 1. The molecular formula is C23H19N5O2. The standard InChI is InChI=1S/C23H19N5O2/c24-22(29)15-4-6-16(7-5-15)23-27-20(21(28-23)18-3-1-2-12-25-18)14-8-10-17-19(11-9-14)30-13-26-17/h1-9,11-12,26H,10,13H2,(H2,24,29)(H,27,28). The van der Waals surface area contributed by atoms with Gasteiger partial charge in [-0.1, -0.05) is 24.3 Å². The zero-order chi connectivity index (χ0) is 20.5. The maximum Gasteiger partial charge on any atom is 0.248 e. The third-order valence-corrected chi connectivity index (χ3v) is 5.09. The number of carbonyl (C=O) groups excluding carboxylic acids is 1. The molecule has 0 saturated heterocycles. The first-order valence-electron chi connectivity index (χ1n) is 9.59. The van der Waals surface area contributed by atoms with E-state index < -0.39 is 5.91 Å². The molecule has 7 heteroatoms. The van der Waals surface area contributed by atoms with Gasteiger partial charge in [0.15, 0.2) is 6.73 Å². The SMILES string of the molecule is NC(=O)c1ccc(-c2nc(C3=CCC4=C(C=C3)OCN4)c(-c3ccccn3)[nH]2)cc1. The van der Waals surface area contributed by atoms with Crippen molar-refractivity contribution in [2.75, 3.05) is 6.73 Å². The quantitative estimate of drug-likeness (QED) is 0.626. The van der Waals surface area contributed by atoms with Gasteiger partial charge >= 0.3 is 0 Å². The van der Waals surface area contributed by atoms with Gasteiger partial charge in [0.25, 0.3) is 0 Å². The van der Waals surface area contributed by atoms with Crippen LogP contribution in [-0.4, -0.2) is 27.6 Å². The highest BCUT2D eigenvalue weighted by Crippen LogP contribution is 2.32. The summed E-state index contributed by atoms with van der Waals surface area (Å²) in [5.41, 5.74) is 11.1. The Kier molecular flexibility index (Phi) is 4.40. The van der Waals surface area contributed by atoms with Crippen LogP contribution in [0.4, 0.5) is 0 Å². The van der Waals surface area contributed by atoms with E-state index in [4.69, 9.17) is 15.5 Å². The first kappa shape index (κ1) is 17.9. The van der Waals surface area contributed by atoms with Crippen molar-refractivity contribution in [3.05, 3.63) is 89.6 Å². The number of carbonyl (C=O) groups is 1. The molecule has 0 radical (unpaired) electrons. The van der Waals surface area contributed by atoms with Gasteiger partial charge in [0.1, 0.15) is 11.6 Å². The third kappa shape index (κ3) is 3.26. The Balaban J connectivity index is 1.58. The molecule has 2 aliphatic rings. The maximum atomic E-state index is 11.4. The van der Waals surface area contributed by atoms with E-state index in [0.29, 0.717) is 18.1 Å². The van der Waals surface area contributed by atoms with E-state index in [1.54, 1.807) is 18.3 Å². The number of hydrogen-bond acceptors (Lipinski definition) is 5. The number of nitrogens with zero attached hydrogens (tertiary/aromatic N) is 2. The van der Waals surface area contributed by atoms with Crippen molar-refractivity contribution in [1.82, 2.24) is 20.3 Å². The zero-order valence-corrected chi connectivity index (χ0v) is 16.1. The summed E-state index contributed by atoms with van der Waals surface area (Å²) < 4.78 is 5.61. The summed E-state index contributed by atoms with van der Waals surface area (Å²) in [4.78, 5) is 24.2. The minimum atomic E-state index is -0.457. The fraction of sp³-hybridized carbons (Fsp3) is 0.0870. The highest BCUT2D eigenvalue weighted by molar-refractivity contribution is 5.93. The molecule has 5 rings (SSSR count). The Hall–Kier alpha value is -4.13. The Morgan fingerprint density at radius 2 is 1.97 bits per heavy atom. The molecule has 0 spiro atoms. The summed E-state index contributed by atoms with van der Waals surface area (Å²) in [5, 5.41) is 3.25. The van der Waals surface area contributed by atoms with Gasteiger partial charge < -0.3 is 20.8 Å². The average molecular weight is 397 g/mol. The number of rotatable bonds is 4. The van der Waals surface area contributed by atoms with Crippen molar-refractivity contribution < 1.29 is 9.53 Å². The van der Waals surface area contributed by atoms with Gasteiger partial charge in [-0.2, -0.15) is 0 Å². The second-order valence-corrected chi connectivity index (χ2v) is 6.97. The molecule has 0 unspecified atom stereocenters. The van der Waals surface area contributed by atoms with Crippen LogP contribution in [0.2, 0.25) is 0 Å². The molecule has 30 heavy (non-hydrogen) atoms. The van der Waals surface area contributed by atoms with Crippen LogP contribution in [0.1, 0.15) is 22.5 Å². The average Bonchev–Trinajstić information content (AvgIpc) is 3.38. The fourth-order valence-electron chi connectivity index (χ4n) is 3.52. The number of benzene rings is 1. The molecule has 7 nitrogen and oxygen atoms in total. The lowest BCUT2D eigenvalue weighted by Crippen LogP contribution is -2.10. The van der Waals surface area contributed by atoms with Crippen LogP contribution in [0.3, 0.4) is 0 Å². The highest BCUT2D eigenvalue weighted by atomic mass is 16.5. The van der Waals surface area contributed by atoms with Crippen LogP contribution >= 0.6 is 0 Å². The minimum absolute atomic E-state index is 0.456. The lowest BCUT2D eigenvalue weighted by molar-refractivity contribution is 0.100. The molecule has 3 aromatic rings. The minimum Gasteiger partial charge on any atom is -0.472 e. The first-order valence-corrected chi connectivity index (χ1v) is 9.59. The maximum absolute atomic E-state index is 11.4. The number of ether oxygens (including phenoxy) is 1. The van der Waals surface area contributed by atoms with Crippen molar-refractivity contribution in [3.8, 4) is 22.8 Å². The summed E-state index contributed by atoms with van der Waals surface area (Å²) in [6.07, 6.45) is 8.59. The molecule has 3 heterocycles. The second kappa shape index (κ2) is 7.36. The van der Waals surface area contributed by atoms with E-state index in [1.807, 2.05) is 42.5 Å². The van der Waals surface area contributed by atoms with E-state index >= 15 is 0 Å². The first-order chi connectivity index (χ1) is 14.7. The number of H-pyrrole nitrogens is 1. The van der Waals surface area contributed by atoms with Crippen molar-refractivity contribution in [2.45, 2.75) is 6.42 Å². The predicted molar refractivity (Wildman–Crippen MR) is 114 cm³/mol. The lowest BCUT2D eigenvalue weighted by Gasteiger charge is -2.03. The molecule has 148 valence electrons. The van der Waals surface area contributed by atoms with Crippen LogP contribution in [0, 0.1) is 0 Å². The monoisotopic (exact) mass is 397 g/mol. The number of nitrogens with two attached hydrogens (primary N) is 1. The van der Waals surface area contributed by atoms with Gasteiger partial charge in [0, 0.05) is 23.7 Å². The smallest absolute Gasteiger partial charge is 0.248 e. The van der Waals surface area contributed by atoms with Crippen LogP contribution in [0.15, 0.2) is 78.3 Å². The van der Waals surface area contributed by atoms with Crippen molar-refractivity contribution in [2.24, 2.45) is 5.73 Å². The molecule has 1 amide bonds. The zero-order valence-electron chi connectivity index (χ0n) is 16.1. The molecule has 0 bridgehead atoms. The summed E-state index contributed by atoms with van der Waals surface area (Å²) in [5.74, 6) is 1.09. The summed E-state index contributed by atoms with van der Waals surface area (Å²) >= 11 is 0. The van der Waals surface area contributed by atoms with Gasteiger partial charge in [-0.3, -0.25) is 9.78 Å². The number of nitrogens with one attached hydrogen (secondary N) is 2. The van der Waals surface area contributed by atoms with E-state index in [9.17, 15) is 4.79 Å². The Morgan fingerprint density at radius 1 is 1.10 bits per heavy atom. The molecule has 4 N–H and O–H groups in total. The molecule has 2 aromatic heterocycles. The fourth-order valence-corrected chi connectivity index (χ4v) is 3.52. The van der Waals surface area contributed by atoms with E-state index in [2.05, 4.69) is 21.4 Å². The summed E-state index contributed by atoms with van der Waals surface area (Å²) in [6.45, 7) is 0.505. The molecule has 0 atom stereocenters. The van der Waals surface area contributed by atoms with E-state index in [-0.39, 0.29) is 0 Å². The Morgan fingerprint density at radius 3 is 2.73 bits per heavy atom. The van der Waals surface area contributed by atoms with Gasteiger partial charge in [-0.05, 0) is 42.0 Å². The number of primary amides is 1. The number of allylic oxidation sites excluding steroid dienone is 4. The number of imidazole rings is 1. The third-order valence-electron chi connectivity index (χ3n) is 5.09. The molecule has 0 saturated carbocycles. The predicted octanol–water partition coefficient (Wildman–Crippen LogP) is 3.37. The normalized spacial score (nSPS) is 15.1. The lowest BCUT2D eigenvalue weighted by atomic mass is 10.1. The Bertz CT molecular complexity index is 1200. The van der Waals surface area contributed by atoms with Crippen molar-refractivity contribution in [1.29, 1.82) is 0 Å².